The molecule has 184 valence electrons. The summed E-state index contributed by atoms with van der Waals surface area (Å²) in [5.41, 5.74) is 6.27. The fraction of sp³-hybridized carbons (Fsp3) is 0.536. The van der Waals surface area contributed by atoms with E-state index in [1.807, 2.05) is 27.7 Å². The third-order valence-corrected chi connectivity index (χ3v) is 5.72. The molecule has 0 spiro atoms. The molecule has 1 aliphatic rings. The van der Waals surface area contributed by atoms with Crippen LogP contribution in [0.3, 0.4) is 0 Å². The number of nitrogens with zero attached hydrogens (tertiary/aromatic N) is 1. The van der Waals surface area contributed by atoms with Crippen LogP contribution >= 0.6 is 0 Å². The zero-order chi connectivity index (χ0) is 25.0. The van der Waals surface area contributed by atoms with Crippen LogP contribution in [0.1, 0.15) is 75.5 Å². The average Bonchev–Trinajstić information content (AvgIpc) is 3.51. The van der Waals surface area contributed by atoms with Crippen molar-refractivity contribution < 1.29 is 14.3 Å². The second-order valence-electron chi connectivity index (χ2n) is 10.8. The van der Waals surface area contributed by atoms with Crippen LogP contribution < -0.4 is 10.6 Å². The van der Waals surface area contributed by atoms with E-state index in [0.29, 0.717) is 12.0 Å². The van der Waals surface area contributed by atoms with Gasteiger partial charge in [0.25, 0.3) is 0 Å². The number of hydrogen-bond donors (Lipinski definition) is 2. The number of carbonyl (C=O) groups excluding carboxylic acids is 2. The number of aromatic nitrogens is 1. The number of nitrogens with one attached hydrogen (secondary N) is 2. The molecule has 2 N–H and O–H groups in total. The first-order valence-corrected chi connectivity index (χ1v) is 12.3. The maximum Gasteiger partial charge on any atom is 0.407 e. The topological polar surface area (TPSA) is 80.3 Å². The van der Waals surface area contributed by atoms with Gasteiger partial charge >= 0.3 is 6.09 Å². The quantitative estimate of drug-likeness (QED) is 0.546. The highest BCUT2D eigenvalue weighted by Gasteiger charge is 2.26. The van der Waals surface area contributed by atoms with Gasteiger partial charge in [-0.3, -0.25) is 9.78 Å². The summed E-state index contributed by atoms with van der Waals surface area (Å²) in [7, 11) is 0. The van der Waals surface area contributed by atoms with E-state index in [1.165, 1.54) is 5.56 Å². The smallest absolute Gasteiger partial charge is 0.407 e. The van der Waals surface area contributed by atoms with E-state index in [-0.39, 0.29) is 18.9 Å². The van der Waals surface area contributed by atoms with E-state index in [9.17, 15) is 9.59 Å². The molecule has 1 aromatic carbocycles. The van der Waals surface area contributed by atoms with Gasteiger partial charge in [0, 0.05) is 29.5 Å². The first-order chi connectivity index (χ1) is 15.9. The van der Waals surface area contributed by atoms with Crippen molar-refractivity contribution in [2.45, 2.75) is 92.3 Å². The molecule has 0 saturated heterocycles. The van der Waals surface area contributed by atoms with Gasteiger partial charge in [0.2, 0.25) is 5.91 Å². The molecule has 0 atom stereocenters. The summed E-state index contributed by atoms with van der Waals surface area (Å²) in [5, 5.41) is 6.03. The number of rotatable bonds is 8. The third-order valence-electron chi connectivity index (χ3n) is 5.72. The van der Waals surface area contributed by atoms with Crippen LogP contribution in [0.15, 0.2) is 24.3 Å². The molecule has 1 aromatic heterocycles. The fourth-order valence-electron chi connectivity index (χ4n) is 4.02. The van der Waals surface area contributed by atoms with Gasteiger partial charge in [0.1, 0.15) is 5.60 Å². The highest BCUT2D eigenvalue weighted by atomic mass is 16.6. The molecular weight excluding hydrogens is 426 g/mol. The number of ether oxygens (including phenoxy) is 1. The molecule has 0 unspecified atom stereocenters. The van der Waals surface area contributed by atoms with E-state index in [4.69, 9.17) is 9.72 Å². The van der Waals surface area contributed by atoms with Gasteiger partial charge in [-0.2, -0.15) is 0 Å². The van der Waals surface area contributed by atoms with Crippen LogP contribution in [0.2, 0.25) is 0 Å². The van der Waals surface area contributed by atoms with Crippen LogP contribution in [0.5, 0.6) is 0 Å². The number of amides is 2. The maximum absolute atomic E-state index is 12.8. The Hall–Kier alpha value is -2.89. The summed E-state index contributed by atoms with van der Waals surface area (Å²) < 4.78 is 5.48. The van der Waals surface area contributed by atoms with Gasteiger partial charge in [-0.1, -0.05) is 43.7 Å². The molecule has 34 heavy (non-hydrogen) atoms. The van der Waals surface area contributed by atoms with Crippen LogP contribution in [-0.4, -0.2) is 28.6 Å². The zero-order valence-corrected chi connectivity index (χ0v) is 21.7. The highest BCUT2D eigenvalue weighted by molar-refractivity contribution is 5.84. The Morgan fingerprint density at radius 3 is 2.29 bits per heavy atom. The molecule has 1 saturated carbocycles. The monoisotopic (exact) mass is 465 g/mol. The predicted octanol–water partition coefficient (Wildman–Crippen LogP) is 5.41. The molecule has 0 radical (unpaired) electrons. The Morgan fingerprint density at radius 1 is 1.09 bits per heavy atom. The largest absolute Gasteiger partial charge is 0.444 e. The van der Waals surface area contributed by atoms with Crippen molar-refractivity contribution in [1.29, 1.82) is 0 Å². The summed E-state index contributed by atoms with van der Waals surface area (Å²) in [6, 6.07) is 8.63. The summed E-state index contributed by atoms with van der Waals surface area (Å²) in [6.45, 7) is 14.2. The average molecular weight is 466 g/mol. The zero-order valence-electron chi connectivity index (χ0n) is 21.7. The van der Waals surface area contributed by atoms with Gasteiger partial charge < -0.3 is 15.4 Å². The Bertz CT molecular complexity index is 1030. The maximum atomic E-state index is 12.8. The van der Waals surface area contributed by atoms with Crippen LogP contribution in [-0.2, 0) is 28.9 Å². The standard InChI is InChI=1S/C28H39N3O3/c1-17(2)14-24-23(16-29-27(33)34-28(5,6)7)26(20-10-8-18(3)9-11-20)22(19(4)30-24)15-25(32)31-21-12-13-21/h8-11,17,21H,12-16H2,1-7H3,(H,29,33)(H,31,32). The number of hydrogen-bond acceptors (Lipinski definition) is 4. The number of benzene rings is 1. The minimum atomic E-state index is -0.581. The van der Waals surface area contributed by atoms with Crippen LogP contribution in [0.25, 0.3) is 11.1 Å². The molecule has 2 amide bonds. The predicted molar refractivity (Wildman–Crippen MR) is 136 cm³/mol. The van der Waals surface area contributed by atoms with E-state index >= 15 is 0 Å². The molecular formula is C28H39N3O3. The molecule has 1 fully saturated rings. The number of carbonyl (C=O) groups is 2. The lowest BCUT2D eigenvalue weighted by Crippen LogP contribution is -2.33. The van der Waals surface area contributed by atoms with Crippen LogP contribution in [0.4, 0.5) is 4.79 Å². The van der Waals surface area contributed by atoms with Crippen LogP contribution in [0, 0.1) is 19.8 Å². The molecule has 2 aromatic rings. The van der Waals surface area contributed by atoms with Crippen molar-refractivity contribution in [3.63, 3.8) is 0 Å². The third kappa shape index (κ3) is 7.31. The lowest BCUT2D eigenvalue weighted by Gasteiger charge is -2.23. The molecule has 6 heteroatoms. The summed E-state index contributed by atoms with van der Waals surface area (Å²) in [6.07, 6.45) is 2.67. The van der Waals surface area contributed by atoms with Gasteiger partial charge in [-0.05, 0) is 76.5 Å². The first-order valence-electron chi connectivity index (χ1n) is 12.3. The summed E-state index contributed by atoms with van der Waals surface area (Å²) in [5.74, 6) is 0.408. The Kier molecular flexibility index (Phi) is 8.01. The Balaban J connectivity index is 2.08. The van der Waals surface area contributed by atoms with Crippen molar-refractivity contribution in [3.8, 4) is 11.1 Å². The summed E-state index contributed by atoms with van der Waals surface area (Å²) in [4.78, 5) is 30.3. The van der Waals surface area contributed by atoms with Gasteiger partial charge in [-0.25, -0.2) is 4.79 Å². The van der Waals surface area contributed by atoms with E-state index in [1.54, 1.807) is 0 Å². The number of pyridine rings is 1. The van der Waals surface area contributed by atoms with Gasteiger partial charge in [0.05, 0.1) is 6.42 Å². The van der Waals surface area contributed by atoms with E-state index in [0.717, 1.165) is 52.9 Å². The molecule has 0 aliphatic heterocycles. The van der Waals surface area contributed by atoms with Crippen molar-refractivity contribution >= 4 is 12.0 Å². The second-order valence-corrected chi connectivity index (χ2v) is 10.8. The van der Waals surface area contributed by atoms with Crippen molar-refractivity contribution in [3.05, 3.63) is 52.3 Å². The highest BCUT2D eigenvalue weighted by Crippen LogP contribution is 2.33. The second kappa shape index (κ2) is 10.6. The van der Waals surface area contributed by atoms with Crippen molar-refractivity contribution in [2.75, 3.05) is 0 Å². The number of aryl methyl sites for hydroxylation is 2. The lowest BCUT2D eigenvalue weighted by atomic mass is 9.88. The molecule has 0 bridgehead atoms. The lowest BCUT2D eigenvalue weighted by molar-refractivity contribution is -0.120. The van der Waals surface area contributed by atoms with Crippen molar-refractivity contribution in [1.82, 2.24) is 15.6 Å². The minimum absolute atomic E-state index is 0.0171. The normalized spacial score (nSPS) is 13.6. The van der Waals surface area contributed by atoms with E-state index < -0.39 is 11.7 Å². The SMILES string of the molecule is Cc1ccc(-c2c(CC(=O)NC3CC3)c(C)nc(CC(C)C)c2CNC(=O)OC(C)(C)C)cc1. The Labute approximate surface area is 203 Å². The van der Waals surface area contributed by atoms with Gasteiger partial charge in [-0.15, -0.1) is 0 Å². The Morgan fingerprint density at radius 2 is 1.74 bits per heavy atom. The molecule has 1 heterocycles. The van der Waals surface area contributed by atoms with Crippen molar-refractivity contribution in [2.24, 2.45) is 5.92 Å². The first kappa shape index (κ1) is 25.7. The van der Waals surface area contributed by atoms with Gasteiger partial charge in [0.15, 0.2) is 0 Å². The number of alkyl carbamates (subject to hydrolysis) is 1. The van der Waals surface area contributed by atoms with E-state index in [2.05, 4.69) is 55.7 Å². The molecule has 6 nitrogen and oxygen atoms in total. The molecule has 3 rings (SSSR count). The summed E-state index contributed by atoms with van der Waals surface area (Å²) >= 11 is 0. The molecule has 1 aliphatic carbocycles. The minimum Gasteiger partial charge on any atom is -0.444 e. The fourth-order valence-corrected chi connectivity index (χ4v) is 4.02.